The zero-order valence-corrected chi connectivity index (χ0v) is 17.0. The van der Waals surface area contributed by atoms with Crippen molar-refractivity contribution in [2.24, 2.45) is 0 Å². The van der Waals surface area contributed by atoms with E-state index < -0.39 is 0 Å². The molecule has 5 nitrogen and oxygen atoms in total. The van der Waals surface area contributed by atoms with Gasteiger partial charge < -0.3 is 14.6 Å². The number of benzene rings is 2. The fraction of sp³-hybridized carbons (Fsp3) is 0.478. The maximum absolute atomic E-state index is 9.56. The van der Waals surface area contributed by atoms with Crippen LogP contribution in [0.4, 0.5) is 0 Å². The minimum atomic E-state index is 0.223. The first-order valence-corrected chi connectivity index (χ1v) is 10.1. The van der Waals surface area contributed by atoms with Gasteiger partial charge in [-0.05, 0) is 48.7 Å². The molecule has 1 fully saturated rings. The van der Waals surface area contributed by atoms with Crippen LogP contribution in [0.15, 0.2) is 48.5 Å². The van der Waals surface area contributed by atoms with E-state index in [0.717, 1.165) is 50.6 Å². The zero-order chi connectivity index (χ0) is 19.8. The Morgan fingerprint density at radius 1 is 0.929 bits per heavy atom. The smallest absolute Gasteiger partial charge is 0.119 e. The minimum Gasteiger partial charge on any atom is -0.497 e. The molecule has 2 aromatic rings. The molecule has 0 aliphatic carbocycles. The van der Waals surface area contributed by atoms with E-state index in [9.17, 15) is 5.11 Å². The van der Waals surface area contributed by atoms with E-state index in [0.29, 0.717) is 12.6 Å². The molecule has 3 rings (SSSR count). The van der Waals surface area contributed by atoms with Crippen molar-refractivity contribution < 1.29 is 14.6 Å². The molecule has 1 aliphatic heterocycles. The lowest BCUT2D eigenvalue weighted by Gasteiger charge is -2.41. The van der Waals surface area contributed by atoms with Crippen molar-refractivity contribution in [2.75, 3.05) is 40.0 Å². The summed E-state index contributed by atoms with van der Waals surface area (Å²) in [5.41, 5.74) is 2.58. The summed E-state index contributed by atoms with van der Waals surface area (Å²) in [5.74, 6) is 1.81. The highest BCUT2D eigenvalue weighted by molar-refractivity contribution is 5.28. The van der Waals surface area contributed by atoms with Crippen LogP contribution in [0.25, 0.3) is 0 Å². The highest BCUT2D eigenvalue weighted by Gasteiger charge is 2.26. The first kappa shape index (κ1) is 20.6. The predicted octanol–water partition coefficient (Wildman–Crippen LogP) is 3.16. The Bertz CT molecular complexity index is 703. The Balaban J connectivity index is 1.58. The van der Waals surface area contributed by atoms with Gasteiger partial charge in [-0.1, -0.05) is 24.3 Å². The van der Waals surface area contributed by atoms with Crippen molar-refractivity contribution in [3.05, 3.63) is 59.7 Å². The molecule has 1 saturated heterocycles. The van der Waals surface area contributed by atoms with E-state index in [-0.39, 0.29) is 6.61 Å². The van der Waals surface area contributed by atoms with Crippen molar-refractivity contribution in [3.63, 3.8) is 0 Å². The van der Waals surface area contributed by atoms with Crippen molar-refractivity contribution in [1.29, 1.82) is 0 Å². The van der Waals surface area contributed by atoms with Gasteiger partial charge in [0.25, 0.3) is 0 Å². The third kappa shape index (κ3) is 5.71. The second-order valence-electron chi connectivity index (χ2n) is 7.30. The van der Waals surface area contributed by atoms with Crippen LogP contribution in [0, 0.1) is 0 Å². The van der Waals surface area contributed by atoms with E-state index in [1.165, 1.54) is 11.1 Å². The SMILES string of the molecule is CCOc1ccc(CN2CCN(Cc3ccc(OC)cc3)C[C@H]2CCO)cc1. The fourth-order valence-electron chi connectivity index (χ4n) is 3.81. The minimum absolute atomic E-state index is 0.223. The Morgan fingerprint density at radius 3 is 2.18 bits per heavy atom. The number of hydrogen-bond donors (Lipinski definition) is 1. The summed E-state index contributed by atoms with van der Waals surface area (Å²) in [6.07, 6.45) is 0.802. The maximum Gasteiger partial charge on any atom is 0.119 e. The standard InChI is InChI=1S/C23H32N2O3/c1-3-28-23-10-6-20(7-11-23)17-25-14-13-24(18-21(25)12-15-26)16-19-4-8-22(27-2)9-5-19/h4-11,21,26H,3,12-18H2,1-2H3/t21-/m1/s1. The topological polar surface area (TPSA) is 45.2 Å². The number of aliphatic hydroxyl groups is 1. The molecule has 152 valence electrons. The van der Waals surface area contributed by atoms with Crippen LogP contribution >= 0.6 is 0 Å². The van der Waals surface area contributed by atoms with Gasteiger partial charge in [0, 0.05) is 45.4 Å². The molecule has 0 amide bonds. The Morgan fingerprint density at radius 2 is 1.57 bits per heavy atom. The van der Waals surface area contributed by atoms with Gasteiger partial charge in [0.15, 0.2) is 0 Å². The van der Waals surface area contributed by atoms with Crippen LogP contribution in [0.2, 0.25) is 0 Å². The maximum atomic E-state index is 9.56. The normalized spacial score (nSPS) is 18.2. The van der Waals surface area contributed by atoms with Crippen LogP contribution < -0.4 is 9.47 Å². The van der Waals surface area contributed by atoms with Crippen molar-refractivity contribution >= 4 is 0 Å². The molecule has 28 heavy (non-hydrogen) atoms. The molecular weight excluding hydrogens is 352 g/mol. The van der Waals surface area contributed by atoms with Gasteiger partial charge >= 0.3 is 0 Å². The number of piperazine rings is 1. The molecule has 5 heteroatoms. The van der Waals surface area contributed by atoms with Crippen molar-refractivity contribution in [1.82, 2.24) is 9.80 Å². The number of ether oxygens (including phenoxy) is 2. The van der Waals surface area contributed by atoms with E-state index in [1.807, 2.05) is 31.2 Å². The van der Waals surface area contributed by atoms with Gasteiger partial charge in [0.2, 0.25) is 0 Å². The van der Waals surface area contributed by atoms with Gasteiger partial charge in [0.1, 0.15) is 11.5 Å². The van der Waals surface area contributed by atoms with Crippen LogP contribution in [-0.4, -0.2) is 60.9 Å². The lowest BCUT2D eigenvalue weighted by molar-refractivity contribution is 0.0499. The first-order valence-electron chi connectivity index (χ1n) is 10.1. The monoisotopic (exact) mass is 384 g/mol. The van der Waals surface area contributed by atoms with E-state index in [2.05, 4.69) is 34.1 Å². The van der Waals surface area contributed by atoms with Crippen LogP contribution in [0.3, 0.4) is 0 Å². The third-order valence-corrected chi connectivity index (χ3v) is 5.34. The summed E-state index contributed by atoms with van der Waals surface area (Å²) in [7, 11) is 1.69. The third-order valence-electron chi connectivity index (χ3n) is 5.34. The zero-order valence-electron chi connectivity index (χ0n) is 17.0. The second kappa shape index (κ2) is 10.5. The summed E-state index contributed by atoms with van der Waals surface area (Å²) >= 11 is 0. The summed E-state index contributed by atoms with van der Waals surface area (Å²) in [6.45, 7) is 7.77. The Labute approximate surface area is 168 Å². The molecule has 1 aliphatic rings. The first-order chi connectivity index (χ1) is 13.7. The molecule has 1 heterocycles. The molecule has 0 bridgehead atoms. The summed E-state index contributed by atoms with van der Waals surface area (Å²) in [6, 6.07) is 17.0. The summed E-state index contributed by atoms with van der Waals surface area (Å²) in [5, 5.41) is 9.56. The van der Waals surface area contributed by atoms with Gasteiger partial charge in [-0.3, -0.25) is 9.80 Å². The van der Waals surface area contributed by atoms with Gasteiger partial charge in [-0.25, -0.2) is 0 Å². The van der Waals surface area contributed by atoms with Crippen LogP contribution in [0.5, 0.6) is 11.5 Å². The summed E-state index contributed by atoms with van der Waals surface area (Å²) < 4.78 is 10.8. The number of methoxy groups -OCH3 is 1. The van der Waals surface area contributed by atoms with Crippen LogP contribution in [0.1, 0.15) is 24.5 Å². The lowest BCUT2D eigenvalue weighted by Crippen LogP contribution is -2.52. The number of aliphatic hydroxyl groups excluding tert-OH is 1. The van der Waals surface area contributed by atoms with Gasteiger partial charge in [0.05, 0.1) is 13.7 Å². The average molecular weight is 385 g/mol. The Hall–Kier alpha value is -2.08. The van der Waals surface area contributed by atoms with E-state index in [1.54, 1.807) is 7.11 Å². The average Bonchev–Trinajstić information content (AvgIpc) is 2.72. The molecule has 1 N–H and O–H groups in total. The van der Waals surface area contributed by atoms with Gasteiger partial charge in [-0.2, -0.15) is 0 Å². The van der Waals surface area contributed by atoms with Crippen molar-refractivity contribution in [3.8, 4) is 11.5 Å². The molecule has 0 aromatic heterocycles. The number of rotatable bonds is 9. The fourth-order valence-corrected chi connectivity index (χ4v) is 3.81. The van der Waals surface area contributed by atoms with Crippen LogP contribution in [-0.2, 0) is 13.1 Å². The molecule has 2 aromatic carbocycles. The number of nitrogens with zero attached hydrogens (tertiary/aromatic N) is 2. The lowest BCUT2D eigenvalue weighted by atomic mass is 10.1. The predicted molar refractivity (Wildman–Crippen MR) is 112 cm³/mol. The highest BCUT2D eigenvalue weighted by atomic mass is 16.5. The van der Waals surface area contributed by atoms with E-state index >= 15 is 0 Å². The number of hydrogen-bond acceptors (Lipinski definition) is 5. The van der Waals surface area contributed by atoms with E-state index in [4.69, 9.17) is 9.47 Å². The quantitative estimate of drug-likeness (QED) is 0.720. The molecule has 1 atom stereocenters. The summed E-state index contributed by atoms with van der Waals surface area (Å²) in [4.78, 5) is 4.98. The molecule has 0 unspecified atom stereocenters. The molecule has 0 saturated carbocycles. The molecule has 0 radical (unpaired) electrons. The molecular formula is C23H32N2O3. The second-order valence-corrected chi connectivity index (χ2v) is 7.30. The molecule has 0 spiro atoms. The van der Waals surface area contributed by atoms with Gasteiger partial charge in [-0.15, -0.1) is 0 Å². The van der Waals surface area contributed by atoms with Crippen molar-refractivity contribution in [2.45, 2.75) is 32.5 Å². The highest BCUT2D eigenvalue weighted by Crippen LogP contribution is 2.21. The largest absolute Gasteiger partial charge is 0.497 e. The Kier molecular flexibility index (Phi) is 7.71.